The number of piperidine rings is 1. The van der Waals surface area contributed by atoms with Gasteiger partial charge in [0.1, 0.15) is 5.82 Å². The van der Waals surface area contributed by atoms with Crippen LogP contribution in [0.2, 0.25) is 0 Å². The number of benzene rings is 2. The lowest BCUT2D eigenvalue weighted by atomic mass is 10.1. The van der Waals surface area contributed by atoms with Gasteiger partial charge in [-0.1, -0.05) is 36.4 Å². The fourth-order valence-corrected chi connectivity index (χ4v) is 4.53. The first kappa shape index (κ1) is 21.2. The molecule has 1 aliphatic heterocycles. The Balaban J connectivity index is 1.80. The van der Waals surface area contributed by atoms with Crippen molar-refractivity contribution in [1.29, 1.82) is 0 Å². The van der Waals surface area contributed by atoms with E-state index in [0.29, 0.717) is 17.3 Å². The maximum absolute atomic E-state index is 15.1. The fourth-order valence-electron chi connectivity index (χ4n) is 4.53. The van der Waals surface area contributed by atoms with Crippen molar-refractivity contribution in [3.63, 3.8) is 0 Å². The Bertz CT molecular complexity index is 1390. The Kier molecular flexibility index (Phi) is 5.58. The normalized spacial score (nSPS) is 14.0. The Morgan fingerprint density at radius 3 is 2.33 bits per heavy atom. The highest BCUT2D eigenvalue weighted by Crippen LogP contribution is 2.30. The zero-order valence-corrected chi connectivity index (χ0v) is 18.9. The minimum Gasteiger partial charge on any atom is -0.354 e. The average molecular weight is 443 g/mol. The van der Waals surface area contributed by atoms with Gasteiger partial charge in [-0.2, -0.15) is 0 Å². The van der Waals surface area contributed by atoms with Crippen LogP contribution in [0.1, 0.15) is 30.4 Å². The van der Waals surface area contributed by atoms with Gasteiger partial charge in [0, 0.05) is 24.8 Å². The molecule has 0 spiro atoms. The van der Waals surface area contributed by atoms with Crippen molar-refractivity contribution < 1.29 is 4.39 Å². The van der Waals surface area contributed by atoms with Crippen LogP contribution in [0.4, 0.5) is 21.7 Å². The summed E-state index contributed by atoms with van der Waals surface area (Å²) in [6, 6.07) is 18.7. The van der Waals surface area contributed by atoms with E-state index in [4.69, 9.17) is 4.98 Å². The van der Waals surface area contributed by atoms with E-state index in [2.05, 4.69) is 5.32 Å². The van der Waals surface area contributed by atoms with Crippen LogP contribution in [0.5, 0.6) is 0 Å². The van der Waals surface area contributed by atoms with E-state index in [0.717, 1.165) is 54.9 Å². The van der Waals surface area contributed by atoms with Gasteiger partial charge in [-0.05, 0) is 62.4 Å². The molecule has 1 aliphatic rings. The van der Waals surface area contributed by atoms with Crippen LogP contribution in [0.3, 0.4) is 0 Å². The zero-order chi connectivity index (χ0) is 22.9. The summed E-state index contributed by atoms with van der Waals surface area (Å²) in [5, 5.41) is 3.70. The number of halogens is 1. The van der Waals surface area contributed by atoms with Crippen molar-refractivity contribution in [2.45, 2.75) is 33.1 Å². The summed E-state index contributed by atoms with van der Waals surface area (Å²) >= 11 is 0. The van der Waals surface area contributed by atoms with Gasteiger partial charge in [-0.3, -0.25) is 9.36 Å². The molecular formula is C27H27FN4O. The van der Waals surface area contributed by atoms with Crippen LogP contribution in [0, 0.1) is 19.7 Å². The lowest BCUT2D eigenvalue weighted by molar-refractivity contribution is 0.551. The molecule has 0 unspecified atom stereocenters. The van der Waals surface area contributed by atoms with Crippen molar-refractivity contribution >= 4 is 28.4 Å². The molecule has 1 N–H and O–H groups in total. The fraction of sp³-hybridized carbons (Fsp3) is 0.259. The molecule has 2 aromatic carbocycles. The Labute approximate surface area is 192 Å². The first-order valence-corrected chi connectivity index (χ1v) is 11.4. The van der Waals surface area contributed by atoms with Crippen molar-refractivity contribution in [2.75, 3.05) is 23.3 Å². The molecule has 0 atom stereocenters. The van der Waals surface area contributed by atoms with Crippen LogP contribution in [0.15, 0.2) is 65.5 Å². The molecule has 0 radical (unpaired) electrons. The van der Waals surface area contributed by atoms with Crippen LogP contribution in [-0.2, 0) is 0 Å². The van der Waals surface area contributed by atoms with Crippen LogP contribution >= 0.6 is 0 Å². The molecule has 0 saturated carbocycles. The van der Waals surface area contributed by atoms with E-state index in [1.54, 1.807) is 0 Å². The van der Waals surface area contributed by atoms with E-state index in [9.17, 15) is 4.79 Å². The lowest BCUT2D eigenvalue weighted by Gasteiger charge is -2.28. The summed E-state index contributed by atoms with van der Waals surface area (Å²) in [4.78, 5) is 19.9. The molecule has 5 rings (SSSR count). The number of hydrogen-bond donors (Lipinski definition) is 1. The first-order chi connectivity index (χ1) is 16.0. The molecule has 168 valence electrons. The maximum Gasteiger partial charge on any atom is 0.193 e. The molecule has 2 aromatic heterocycles. The second-order valence-electron chi connectivity index (χ2n) is 8.67. The zero-order valence-electron chi connectivity index (χ0n) is 18.9. The highest BCUT2D eigenvalue weighted by Gasteiger charge is 2.21. The van der Waals surface area contributed by atoms with Crippen LogP contribution in [0.25, 0.3) is 16.7 Å². The van der Waals surface area contributed by atoms with Gasteiger partial charge < -0.3 is 10.2 Å². The standard InChI is InChI=1S/C27H27FN4O/c1-18-10-4-6-12-22(18)29-25-17-24(33)20-16-21(28)27(31-14-8-3-9-15-31)30-26(20)32(25)23-13-7-5-11-19(23)2/h4-7,10-13,16-17,29H,3,8-9,14-15H2,1-2H3. The Morgan fingerprint density at radius 2 is 1.61 bits per heavy atom. The van der Waals surface area contributed by atoms with Crippen LogP contribution in [-0.4, -0.2) is 22.6 Å². The summed E-state index contributed by atoms with van der Waals surface area (Å²) in [6.45, 7) is 5.57. The van der Waals surface area contributed by atoms with E-state index in [1.807, 2.05) is 71.8 Å². The second kappa shape index (κ2) is 8.70. The molecule has 0 aliphatic carbocycles. The molecule has 4 aromatic rings. The van der Waals surface area contributed by atoms with Gasteiger partial charge in [0.15, 0.2) is 22.7 Å². The molecule has 1 saturated heterocycles. The van der Waals surface area contributed by atoms with Gasteiger partial charge >= 0.3 is 0 Å². The third-order valence-corrected chi connectivity index (χ3v) is 6.34. The van der Waals surface area contributed by atoms with Crippen molar-refractivity contribution in [1.82, 2.24) is 9.55 Å². The number of aromatic nitrogens is 2. The van der Waals surface area contributed by atoms with E-state index in [-0.39, 0.29) is 10.8 Å². The number of pyridine rings is 2. The Morgan fingerprint density at radius 1 is 0.909 bits per heavy atom. The molecule has 1 fully saturated rings. The maximum atomic E-state index is 15.1. The van der Waals surface area contributed by atoms with Gasteiger partial charge in [0.05, 0.1) is 11.1 Å². The van der Waals surface area contributed by atoms with E-state index in [1.165, 1.54) is 12.1 Å². The molecule has 3 heterocycles. The first-order valence-electron chi connectivity index (χ1n) is 11.4. The number of para-hydroxylation sites is 2. The highest BCUT2D eigenvalue weighted by atomic mass is 19.1. The largest absolute Gasteiger partial charge is 0.354 e. The monoisotopic (exact) mass is 442 g/mol. The van der Waals surface area contributed by atoms with Gasteiger partial charge in [-0.15, -0.1) is 0 Å². The summed E-state index contributed by atoms with van der Waals surface area (Å²) < 4.78 is 17.1. The summed E-state index contributed by atoms with van der Waals surface area (Å²) in [5.74, 6) is 0.467. The topological polar surface area (TPSA) is 50.2 Å². The van der Waals surface area contributed by atoms with Crippen LogP contribution < -0.4 is 15.6 Å². The molecular weight excluding hydrogens is 415 g/mol. The van der Waals surface area contributed by atoms with Gasteiger partial charge in [0.25, 0.3) is 0 Å². The lowest BCUT2D eigenvalue weighted by Crippen LogP contribution is -2.31. The van der Waals surface area contributed by atoms with Crippen molar-refractivity contribution in [2.24, 2.45) is 0 Å². The average Bonchev–Trinajstić information content (AvgIpc) is 2.82. The summed E-state index contributed by atoms with van der Waals surface area (Å²) in [5.41, 5.74) is 4.07. The van der Waals surface area contributed by atoms with E-state index < -0.39 is 5.82 Å². The predicted octanol–water partition coefficient (Wildman–Crippen LogP) is 5.88. The highest BCUT2D eigenvalue weighted by molar-refractivity contribution is 5.83. The summed E-state index contributed by atoms with van der Waals surface area (Å²) in [6.07, 6.45) is 3.17. The number of aryl methyl sites for hydroxylation is 2. The smallest absolute Gasteiger partial charge is 0.193 e. The third kappa shape index (κ3) is 3.97. The second-order valence-corrected chi connectivity index (χ2v) is 8.67. The molecule has 0 amide bonds. The number of nitrogens with zero attached hydrogens (tertiary/aromatic N) is 3. The number of rotatable bonds is 4. The molecule has 5 nitrogen and oxygen atoms in total. The van der Waals surface area contributed by atoms with Gasteiger partial charge in [-0.25, -0.2) is 9.37 Å². The third-order valence-electron chi connectivity index (χ3n) is 6.34. The van der Waals surface area contributed by atoms with Crippen molar-refractivity contribution in [3.8, 4) is 5.69 Å². The number of hydrogen-bond acceptors (Lipinski definition) is 4. The minimum absolute atomic E-state index is 0.262. The van der Waals surface area contributed by atoms with Gasteiger partial charge in [0.2, 0.25) is 0 Å². The van der Waals surface area contributed by atoms with Crippen molar-refractivity contribution in [3.05, 3.63) is 87.8 Å². The number of fused-ring (bicyclic) bond motifs is 1. The quantitative estimate of drug-likeness (QED) is 0.429. The number of anilines is 3. The predicted molar refractivity (Wildman–Crippen MR) is 133 cm³/mol. The van der Waals surface area contributed by atoms with E-state index >= 15 is 4.39 Å². The minimum atomic E-state index is -0.447. The Hall–Kier alpha value is -3.67. The summed E-state index contributed by atoms with van der Waals surface area (Å²) in [7, 11) is 0. The number of nitrogens with one attached hydrogen (secondary N) is 1. The molecule has 6 heteroatoms. The molecule has 0 bridgehead atoms. The SMILES string of the molecule is Cc1ccccc1Nc1cc(=O)c2cc(F)c(N3CCCCC3)nc2n1-c1ccccc1C. The molecule has 33 heavy (non-hydrogen) atoms.